The quantitative estimate of drug-likeness (QED) is 0.0653. The summed E-state index contributed by atoms with van der Waals surface area (Å²) in [4.78, 5) is 0. The maximum absolute atomic E-state index is 3.35. The van der Waals surface area contributed by atoms with Crippen LogP contribution in [-0.4, -0.2) is 0 Å². The first-order valence-electron chi connectivity index (χ1n) is 23.2. The van der Waals surface area contributed by atoms with Gasteiger partial charge in [-0.1, -0.05) is 186 Å². The van der Waals surface area contributed by atoms with Gasteiger partial charge in [-0.2, -0.15) is 24.3 Å². The molecule has 2 unspecified atom stereocenters. The second kappa shape index (κ2) is 31.6. The predicted molar refractivity (Wildman–Crippen MR) is 286 cm³/mol. The van der Waals surface area contributed by atoms with Crippen molar-refractivity contribution >= 4 is 69.2 Å². The molecule has 0 aliphatic heterocycles. The molecule has 2 aliphatic carbocycles. The zero-order valence-corrected chi connectivity index (χ0v) is 46.3. The molecule has 0 amide bonds. The van der Waals surface area contributed by atoms with Crippen LogP contribution in [0.1, 0.15) is 66.2 Å². The van der Waals surface area contributed by atoms with Crippen LogP contribution >= 0.6 is 15.8 Å². The molecule has 0 N–H and O–H groups in total. The minimum atomic E-state index is -0.493. The molecule has 2 aliphatic rings. The van der Waals surface area contributed by atoms with Gasteiger partial charge in [0.05, 0.1) is 0 Å². The Labute approximate surface area is 453 Å². The van der Waals surface area contributed by atoms with Gasteiger partial charge in [0.1, 0.15) is 0 Å². The van der Waals surface area contributed by atoms with E-state index >= 15 is 0 Å². The molecule has 2 atom stereocenters. The normalized spacial score (nSPS) is 12.9. The van der Waals surface area contributed by atoms with Gasteiger partial charge >= 0.3 is 43.4 Å². The van der Waals surface area contributed by atoms with E-state index in [2.05, 4.69) is 258 Å². The fourth-order valence-corrected chi connectivity index (χ4v) is 13.2. The minimum absolute atomic E-state index is 0. The third-order valence-corrected chi connectivity index (χ3v) is 16.5. The zero-order chi connectivity index (χ0) is 44.4. The summed E-state index contributed by atoms with van der Waals surface area (Å²) in [5.74, 6) is 1.45. The zero-order valence-electron chi connectivity index (χ0n) is 39.8. The summed E-state index contributed by atoms with van der Waals surface area (Å²) in [6, 6.07) is 70.0. The number of hydrogen-bond acceptors (Lipinski definition) is 0. The molecule has 68 heavy (non-hydrogen) atoms. The van der Waals surface area contributed by atoms with E-state index in [0.717, 1.165) is 24.7 Å². The molecule has 6 heteroatoms. The molecule has 344 valence electrons. The van der Waals surface area contributed by atoms with Crippen molar-refractivity contribution in [3.8, 4) is 0 Å². The molecule has 0 saturated heterocycles. The van der Waals surface area contributed by atoms with Crippen molar-refractivity contribution in [2.75, 3.05) is 0 Å². The molecule has 0 nitrogen and oxygen atoms in total. The summed E-state index contributed by atoms with van der Waals surface area (Å²) in [5, 5.41) is 13.8. The van der Waals surface area contributed by atoms with Crippen molar-refractivity contribution in [3.63, 3.8) is 0 Å². The van der Waals surface area contributed by atoms with Gasteiger partial charge < -0.3 is 24.8 Å². The van der Waals surface area contributed by atoms with Crippen molar-refractivity contribution in [2.45, 2.75) is 66.2 Å². The van der Waals surface area contributed by atoms with Gasteiger partial charge in [0.15, 0.2) is 0 Å². The number of allylic oxidation sites excluding steroid dienone is 8. The van der Waals surface area contributed by atoms with E-state index in [1.54, 1.807) is 0 Å². The van der Waals surface area contributed by atoms with Crippen molar-refractivity contribution in [1.29, 1.82) is 0 Å². The third kappa shape index (κ3) is 16.8. The third-order valence-electron chi connectivity index (χ3n) is 11.7. The summed E-state index contributed by atoms with van der Waals surface area (Å²) < 4.78 is 0. The van der Waals surface area contributed by atoms with Gasteiger partial charge in [0.25, 0.3) is 0 Å². The van der Waals surface area contributed by atoms with Crippen LogP contribution in [0.15, 0.2) is 230 Å². The predicted octanol–water partition coefficient (Wildman–Crippen LogP) is 8.86. The molecule has 8 aromatic rings. The topological polar surface area (TPSA) is 0 Å². The van der Waals surface area contributed by atoms with E-state index < -0.39 is 15.8 Å². The maximum atomic E-state index is 3.35. The molecule has 0 heterocycles. The van der Waals surface area contributed by atoms with Gasteiger partial charge in [0, 0.05) is 0 Å². The van der Waals surface area contributed by atoms with Gasteiger partial charge in [-0.05, 0) is 49.9 Å². The monoisotopic (exact) mass is 1030 g/mol. The Kier molecular flexibility index (Phi) is 27.2. The summed E-state index contributed by atoms with van der Waals surface area (Å²) >= 11 is 0. The van der Waals surface area contributed by atoms with E-state index in [4.69, 9.17) is 0 Å². The second-order valence-electron chi connectivity index (χ2n) is 16.6. The molecular formula is C62H62Cl2P2Ti2-2. The molecule has 0 bridgehead atoms. The van der Waals surface area contributed by atoms with Crippen LogP contribution < -0.4 is 56.6 Å². The van der Waals surface area contributed by atoms with Gasteiger partial charge in [-0.25, -0.2) is 23.3 Å². The first-order chi connectivity index (χ1) is 31.5. The van der Waals surface area contributed by atoms with Crippen LogP contribution in [0, 0.1) is 24.0 Å². The average molecular weight is 1040 g/mol. The average Bonchev–Trinajstić information content (AvgIpc) is 4.20. The molecule has 0 spiro atoms. The Bertz CT molecular complexity index is 2400. The number of rotatable bonds is 12. The largest absolute Gasteiger partial charge is 2.00 e. The van der Waals surface area contributed by atoms with Crippen LogP contribution in [-0.2, 0) is 43.4 Å². The molecule has 8 aromatic carbocycles. The summed E-state index contributed by atoms with van der Waals surface area (Å²) in [6.07, 6.45) is 22.7. The standard InChI is InChI=1S/2C21H16P.2C10H15.2ClH.2Ti/c2*1-3-11-19(12-4-1)22(20-13-5-2-6-14-20)21-15-17-9-7-8-10-18(17)16-21;2*1-3-6-9(2)10-7-4-5-8-10;;;;/h2*1-16H;2*4,7,9H,3,5-6H2,1-2H3;2*1H;;/q4*-1;;;2*+2/p-2. The van der Waals surface area contributed by atoms with E-state index in [-0.39, 0.29) is 68.2 Å². The molecule has 0 saturated carbocycles. The van der Waals surface area contributed by atoms with E-state index in [9.17, 15) is 0 Å². The van der Waals surface area contributed by atoms with E-state index in [1.165, 1.54) is 90.2 Å². The Morgan fingerprint density at radius 2 is 0.735 bits per heavy atom. The molecule has 0 fully saturated rings. The Morgan fingerprint density at radius 3 is 1.00 bits per heavy atom. The first-order valence-corrected chi connectivity index (χ1v) is 25.9. The minimum Gasteiger partial charge on any atom is -1.00 e. The second-order valence-corrected chi connectivity index (χ2v) is 21.0. The Balaban J connectivity index is 0.000000251. The van der Waals surface area contributed by atoms with Gasteiger partial charge in [0.2, 0.25) is 0 Å². The summed E-state index contributed by atoms with van der Waals surface area (Å²) in [5.41, 5.74) is 2.84. The molecule has 0 radical (unpaired) electrons. The van der Waals surface area contributed by atoms with Crippen LogP contribution in [0.4, 0.5) is 0 Å². The SMILES string of the molecule is CCCC(C)C1=[C-]CC=C1.CCCC(C)C1=[C-]CC=C1.[Cl-].[Cl-].[Ti+2].[Ti+2].c1ccc(P(c2ccccc2)c2cc3ccccc3[cH-]2)cc1.c1ccc(P(c2ccccc2)c2cc3ccccc3[cH-]2)cc1. The Hall–Kier alpha value is -3.63. The molecule has 10 rings (SSSR count). The smallest absolute Gasteiger partial charge is 1.00 e. The van der Waals surface area contributed by atoms with Crippen molar-refractivity contribution in [3.05, 3.63) is 242 Å². The first kappa shape index (κ1) is 58.7. The number of benzene rings is 6. The summed E-state index contributed by atoms with van der Waals surface area (Å²) in [6.45, 7) is 9.02. The van der Waals surface area contributed by atoms with Crippen molar-refractivity contribution in [2.24, 2.45) is 11.8 Å². The van der Waals surface area contributed by atoms with E-state index in [1.807, 2.05) is 0 Å². The summed E-state index contributed by atoms with van der Waals surface area (Å²) in [7, 11) is -0.986. The number of fused-ring (bicyclic) bond motifs is 2. The fraction of sp³-hybridized carbons (Fsp3) is 0.194. The van der Waals surface area contributed by atoms with Crippen molar-refractivity contribution < 1.29 is 68.2 Å². The van der Waals surface area contributed by atoms with Crippen LogP contribution in [0.3, 0.4) is 0 Å². The molecular weight excluding hydrogens is 973 g/mol. The number of halogens is 2. The van der Waals surface area contributed by atoms with Crippen molar-refractivity contribution in [1.82, 2.24) is 0 Å². The fourth-order valence-electron chi connectivity index (χ4n) is 8.43. The van der Waals surface area contributed by atoms with Gasteiger partial charge in [-0.3, -0.25) is 12.2 Å². The van der Waals surface area contributed by atoms with Crippen LogP contribution in [0.25, 0.3) is 21.5 Å². The van der Waals surface area contributed by atoms with Gasteiger partial charge in [-0.15, -0.1) is 93.5 Å². The Morgan fingerprint density at radius 1 is 0.441 bits per heavy atom. The maximum Gasteiger partial charge on any atom is 2.00 e. The van der Waals surface area contributed by atoms with E-state index in [0.29, 0.717) is 0 Å². The van der Waals surface area contributed by atoms with Crippen LogP contribution in [0.5, 0.6) is 0 Å². The number of hydrogen-bond donors (Lipinski definition) is 0. The van der Waals surface area contributed by atoms with Crippen LogP contribution in [0.2, 0.25) is 0 Å². The molecule has 0 aromatic heterocycles.